The second-order valence-electron chi connectivity index (χ2n) is 7.98. The second-order valence-corrected chi connectivity index (χ2v) is 7.98. The Morgan fingerprint density at radius 1 is 0.800 bits per heavy atom. The molecule has 0 unspecified atom stereocenters. The Bertz CT molecular complexity index is 1050. The summed E-state index contributed by atoms with van der Waals surface area (Å²) in [5, 5.41) is 0. The lowest BCUT2D eigenvalue weighted by Gasteiger charge is -2.22. The third kappa shape index (κ3) is 4.00. The summed E-state index contributed by atoms with van der Waals surface area (Å²) >= 11 is 0. The van der Waals surface area contributed by atoms with Gasteiger partial charge in [0.15, 0.2) is 0 Å². The quantitative estimate of drug-likeness (QED) is 0.294. The van der Waals surface area contributed by atoms with E-state index >= 15 is 4.39 Å². The molecular formula is C26H24F4. The van der Waals surface area contributed by atoms with Crippen molar-refractivity contribution in [2.75, 3.05) is 0 Å². The summed E-state index contributed by atoms with van der Waals surface area (Å²) in [6, 6.07) is 14.7. The summed E-state index contributed by atoms with van der Waals surface area (Å²) in [6.07, 6.45) is 1.63. The van der Waals surface area contributed by atoms with Crippen molar-refractivity contribution in [2.24, 2.45) is 0 Å². The van der Waals surface area contributed by atoms with Gasteiger partial charge in [0.1, 0.15) is 5.82 Å². The van der Waals surface area contributed by atoms with E-state index < -0.39 is 11.7 Å². The van der Waals surface area contributed by atoms with E-state index in [0.717, 1.165) is 36.1 Å². The largest absolute Gasteiger partial charge is 0.416 e. The zero-order valence-corrected chi connectivity index (χ0v) is 17.0. The molecule has 156 valence electrons. The Labute approximate surface area is 174 Å². The molecule has 0 aliphatic heterocycles. The first-order valence-corrected chi connectivity index (χ1v) is 10.5. The monoisotopic (exact) mass is 412 g/mol. The maximum absolute atomic E-state index is 15.3. The van der Waals surface area contributed by atoms with Crippen molar-refractivity contribution in [3.05, 3.63) is 82.7 Å². The molecule has 4 heteroatoms. The van der Waals surface area contributed by atoms with Crippen LogP contribution in [0.2, 0.25) is 0 Å². The van der Waals surface area contributed by atoms with E-state index in [2.05, 4.69) is 25.1 Å². The summed E-state index contributed by atoms with van der Waals surface area (Å²) in [4.78, 5) is 0. The lowest BCUT2D eigenvalue weighted by molar-refractivity contribution is -0.137. The van der Waals surface area contributed by atoms with Gasteiger partial charge in [0.25, 0.3) is 0 Å². The highest BCUT2D eigenvalue weighted by molar-refractivity contribution is 5.78. The maximum atomic E-state index is 15.3. The second kappa shape index (κ2) is 8.25. The third-order valence-electron chi connectivity index (χ3n) is 5.94. The van der Waals surface area contributed by atoms with Crippen molar-refractivity contribution in [3.8, 4) is 22.3 Å². The number of hydrogen-bond donors (Lipinski definition) is 0. The molecule has 0 N–H and O–H groups in total. The van der Waals surface area contributed by atoms with Crippen LogP contribution < -0.4 is 0 Å². The minimum Gasteiger partial charge on any atom is -0.206 e. The van der Waals surface area contributed by atoms with Crippen molar-refractivity contribution in [3.63, 3.8) is 0 Å². The number of halogens is 4. The molecule has 0 heterocycles. The average Bonchev–Trinajstić information content (AvgIpc) is 2.73. The average molecular weight is 412 g/mol. The standard InChI is InChI=1S/C26H24F4/c1-2-3-4-5-17-6-12-21-19(16-17)9-13-24-23(21)15-14-22(25(24)27)18-7-10-20(11-8-18)26(28,29)30/h6-8,10-12,14-16H,2-5,9,13H2,1H3. The molecule has 1 aliphatic rings. The van der Waals surface area contributed by atoms with Crippen LogP contribution in [0.4, 0.5) is 17.6 Å². The Kier molecular flexibility index (Phi) is 5.68. The lowest BCUT2D eigenvalue weighted by Crippen LogP contribution is -2.08. The van der Waals surface area contributed by atoms with E-state index in [4.69, 9.17) is 0 Å². The Morgan fingerprint density at radius 3 is 2.20 bits per heavy atom. The third-order valence-corrected chi connectivity index (χ3v) is 5.94. The van der Waals surface area contributed by atoms with Crippen LogP contribution in [0.15, 0.2) is 54.6 Å². The molecule has 0 amide bonds. The zero-order valence-electron chi connectivity index (χ0n) is 17.0. The van der Waals surface area contributed by atoms with Crippen LogP contribution >= 0.6 is 0 Å². The normalized spacial score (nSPS) is 13.1. The number of aryl methyl sites for hydroxylation is 2. The van der Waals surface area contributed by atoms with E-state index in [1.165, 1.54) is 42.5 Å². The van der Waals surface area contributed by atoms with Gasteiger partial charge in [-0.1, -0.05) is 62.2 Å². The van der Waals surface area contributed by atoms with Gasteiger partial charge in [0.2, 0.25) is 0 Å². The fraction of sp³-hybridized carbons (Fsp3) is 0.308. The van der Waals surface area contributed by atoms with Gasteiger partial charge in [0, 0.05) is 5.56 Å². The highest BCUT2D eigenvalue weighted by atomic mass is 19.4. The van der Waals surface area contributed by atoms with Crippen LogP contribution in [-0.4, -0.2) is 0 Å². The Balaban J connectivity index is 1.65. The van der Waals surface area contributed by atoms with Crippen LogP contribution in [0.5, 0.6) is 0 Å². The van der Waals surface area contributed by atoms with Gasteiger partial charge in [-0.3, -0.25) is 0 Å². The van der Waals surface area contributed by atoms with Crippen molar-refractivity contribution >= 4 is 0 Å². The van der Waals surface area contributed by atoms with Crippen molar-refractivity contribution in [1.29, 1.82) is 0 Å². The number of hydrogen-bond acceptors (Lipinski definition) is 0. The van der Waals surface area contributed by atoms with E-state index in [0.29, 0.717) is 23.1 Å². The summed E-state index contributed by atoms with van der Waals surface area (Å²) in [7, 11) is 0. The summed E-state index contributed by atoms with van der Waals surface area (Å²) in [5.74, 6) is -0.329. The summed E-state index contributed by atoms with van der Waals surface area (Å²) in [6.45, 7) is 2.19. The Morgan fingerprint density at radius 2 is 1.50 bits per heavy atom. The highest BCUT2D eigenvalue weighted by Crippen LogP contribution is 2.39. The molecule has 0 saturated carbocycles. The minimum atomic E-state index is -4.40. The van der Waals surface area contributed by atoms with E-state index in [9.17, 15) is 13.2 Å². The van der Waals surface area contributed by atoms with Gasteiger partial charge < -0.3 is 0 Å². The molecule has 3 aromatic carbocycles. The van der Waals surface area contributed by atoms with E-state index in [-0.39, 0.29) is 5.82 Å². The van der Waals surface area contributed by atoms with E-state index in [1.54, 1.807) is 6.07 Å². The molecule has 30 heavy (non-hydrogen) atoms. The van der Waals surface area contributed by atoms with Gasteiger partial charge in [-0.05, 0) is 71.2 Å². The fourth-order valence-corrected chi connectivity index (χ4v) is 4.29. The molecule has 1 aliphatic carbocycles. The Hall–Kier alpha value is -2.62. The van der Waals surface area contributed by atoms with Gasteiger partial charge in [-0.25, -0.2) is 4.39 Å². The lowest BCUT2D eigenvalue weighted by atomic mass is 9.82. The first kappa shape index (κ1) is 20.6. The van der Waals surface area contributed by atoms with Crippen LogP contribution in [0.25, 0.3) is 22.3 Å². The first-order valence-electron chi connectivity index (χ1n) is 10.5. The minimum absolute atomic E-state index is 0.329. The molecular weight excluding hydrogens is 388 g/mol. The molecule has 0 saturated heterocycles. The van der Waals surface area contributed by atoms with Crippen molar-refractivity contribution < 1.29 is 17.6 Å². The number of fused-ring (bicyclic) bond motifs is 3. The molecule has 4 rings (SSSR count). The van der Waals surface area contributed by atoms with E-state index in [1.807, 2.05) is 6.07 Å². The van der Waals surface area contributed by atoms with Gasteiger partial charge in [0.05, 0.1) is 5.56 Å². The summed E-state index contributed by atoms with van der Waals surface area (Å²) in [5.41, 5.74) is 5.26. The number of unbranched alkanes of at least 4 members (excludes halogenated alkanes) is 2. The molecule has 0 spiro atoms. The maximum Gasteiger partial charge on any atom is 0.416 e. The molecule has 0 bridgehead atoms. The topological polar surface area (TPSA) is 0 Å². The molecule has 3 aromatic rings. The zero-order chi connectivity index (χ0) is 21.3. The van der Waals surface area contributed by atoms with Gasteiger partial charge in [-0.15, -0.1) is 0 Å². The first-order chi connectivity index (χ1) is 14.4. The molecule has 0 fully saturated rings. The molecule has 0 radical (unpaired) electrons. The number of alkyl halides is 3. The SMILES string of the molecule is CCCCCc1ccc2c(c1)CCc1c-2ccc(-c2ccc(C(F)(F)F)cc2)c1F. The molecule has 0 aromatic heterocycles. The molecule has 0 atom stereocenters. The number of benzene rings is 3. The smallest absolute Gasteiger partial charge is 0.206 e. The predicted octanol–water partition coefficient (Wildman–Crippen LogP) is 8.01. The van der Waals surface area contributed by atoms with Gasteiger partial charge >= 0.3 is 6.18 Å². The summed E-state index contributed by atoms with van der Waals surface area (Å²) < 4.78 is 53.8. The van der Waals surface area contributed by atoms with Crippen molar-refractivity contribution in [2.45, 2.75) is 51.6 Å². The highest BCUT2D eigenvalue weighted by Gasteiger charge is 2.30. The molecule has 0 nitrogen and oxygen atoms in total. The van der Waals surface area contributed by atoms with Crippen LogP contribution in [0, 0.1) is 5.82 Å². The van der Waals surface area contributed by atoms with Crippen LogP contribution in [-0.2, 0) is 25.4 Å². The fourth-order valence-electron chi connectivity index (χ4n) is 4.29. The number of rotatable bonds is 5. The van der Waals surface area contributed by atoms with Crippen LogP contribution in [0.1, 0.15) is 48.4 Å². The van der Waals surface area contributed by atoms with Crippen LogP contribution in [0.3, 0.4) is 0 Å². The van der Waals surface area contributed by atoms with Gasteiger partial charge in [-0.2, -0.15) is 13.2 Å². The van der Waals surface area contributed by atoms with Crippen molar-refractivity contribution in [1.82, 2.24) is 0 Å². The predicted molar refractivity (Wildman–Crippen MR) is 113 cm³/mol.